The number of hydrogen-bond donors (Lipinski definition) is 1. The van der Waals surface area contributed by atoms with E-state index in [2.05, 4.69) is 23.8 Å². The average molecular weight is 345 g/mol. The van der Waals surface area contributed by atoms with Gasteiger partial charge in [0.1, 0.15) is 0 Å². The number of carbonyl (C=O) groups is 1. The summed E-state index contributed by atoms with van der Waals surface area (Å²) < 4.78 is 2.14. The van der Waals surface area contributed by atoms with Crippen LogP contribution < -0.4 is 5.32 Å². The summed E-state index contributed by atoms with van der Waals surface area (Å²) in [6, 6.07) is 0.509. The summed E-state index contributed by atoms with van der Waals surface area (Å²) in [4.78, 5) is 15.0. The van der Waals surface area contributed by atoms with Crippen LogP contribution in [0.15, 0.2) is 0 Å². The first-order valence-electron chi connectivity index (χ1n) is 10.2. The Balaban J connectivity index is 1.56. The molecule has 1 saturated carbocycles. The minimum absolute atomic E-state index is 0.166. The molecule has 2 heterocycles. The molecule has 0 spiro atoms. The van der Waals surface area contributed by atoms with Crippen molar-refractivity contribution >= 4 is 5.91 Å². The van der Waals surface area contributed by atoms with Crippen molar-refractivity contribution in [2.45, 2.75) is 71.4 Å². The fraction of sp³-hybridized carbons (Fsp3) is 0.800. The Bertz CT molecular complexity index is 626. The Morgan fingerprint density at radius 3 is 2.68 bits per heavy atom. The zero-order valence-corrected chi connectivity index (χ0v) is 15.8. The van der Waals surface area contributed by atoms with Gasteiger partial charge in [-0.05, 0) is 63.3 Å². The van der Waals surface area contributed by atoms with E-state index in [1.54, 1.807) is 0 Å². The number of aromatic nitrogens is 2. The number of likely N-dealkylation sites (tertiary alicyclic amines) is 1. The molecular formula is C20H32N4O. The van der Waals surface area contributed by atoms with Crippen molar-refractivity contribution in [1.82, 2.24) is 20.0 Å². The van der Waals surface area contributed by atoms with Gasteiger partial charge in [-0.2, -0.15) is 5.10 Å². The van der Waals surface area contributed by atoms with E-state index >= 15 is 0 Å². The van der Waals surface area contributed by atoms with Gasteiger partial charge in [0.2, 0.25) is 0 Å². The predicted octanol–water partition coefficient (Wildman–Crippen LogP) is 2.63. The molecule has 5 heteroatoms. The van der Waals surface area contributed by atoms with E-state index in [0.29, 0.717) is 12.0 Å². The van der Waals surface area contributed by atoms with Gasteiger partial charge in [0, 0.05) is 36.9 Å². The lowest BCUT2D eigenvalue weighted by molar-refractivity contribution is 0.0784. The summed E-state index contributed by atoms with van der Waals surface area (Å²) in [5, 5.41) is 8.56. The molecule has 3 aliphatic rings. The molecule has 2 fully saturated rings. The second-order valence-electron chi connectivity index (χ2n) is 8.64. The van der Waals surface area contributed by atoms with E-state index < -0.39 is 0 Å². The maximum Gasteiger partial charge on any atom is 0.274 e. The molecule has 138 valence electrons. The Labute approximate surface area is 151 Å². The van der Waals surface area contributed by atoms with Crippen LogP contribution in [0.3, 0.4) is 0 Å². The molecule has 1 saturated heterocycles. The highest BCUT2D eigenvalue weighted by Crippen LogP contribution is 2.30. The summed E-state index contributed by atoms with van der Waals surface area (Å²) in [6.07, 6.45) is 8.21. The normalized spacial score (nSPS) is 23.3. The van der Waals surface area contributed by atoms with Crippen molar-refractivity contribution in [2.75, 3.05) is 19.6 Å². The Hall–Kier alpha value is -1.36. The molecule has 1 atom stereocenters. The van der Waals surface area contributed by atoms with Gasteiger partial charge in [0.05, 0.1) is 0 Å². The lowest BCUT2D eigenvalue weighted by Gasteiger charge is -2.25. The zero-order valence-electron chi connectivity index (χ0n) is 15.8. The predicted molar refractivity (Wildman–Crippen MR) is 98.7 cm³/mol. The fourth-order valence-corrected chi connectivity index (χ4v) is 4.26. The van der Waals surface area contributed by atoms with E-state index in [1.165, 1.54) is 30.5 Å². The maximum absolute atomic E-state index is 13.0. The number of amides is 1. The number of fused-ring (bicyclic) bond motifs is 1. The summed E-state index contributed by atoms with van der Waals surface area (Å²) in [5.74, 6) is 1.61. The molecule has 0 aromatic carbocycles. The number of nitrogens with one attached hydrogen (secondary N) is 1. The van der Waals surface area contributed by atoms with Gasteiger partial charge < -0.3 is 10.2 Å². The first-order chi connectivity index (χ1) is 12.1. The van der Waals surface area contributed by atoms with E-state index in [9.17, 15) is 4.79 Å². The van der Waals surface area contributed by atoms with Gasteiger partial charge in [-0.15, -0.1) is 0 Å². The molecule has 1 aromatic rings. The molecule has 0 bridgehead atoms. The summed E-state index contributed by atoms with van der Waals surface area (Å²) >= 11 is 0. The Morgan fingerprint density at radius 2 is 2.00 bits per heavy atom. The molecule has 1 N–H and O–H groups in total. The molecule has 1 aromatic heterocycles. The molecule has 2 aliphatic carbocycles. The largest absolute Gasteiger partial charge is 0.337 e. The molecule has 5 nitrogen and oxygen atoms in total. The molecule has 25 heavy (non-hydrogen) atoms. The number of carbonyl (C=O) groups excluding carboxylic acids is 1. The van der Waals surface area contributed by atoms with Crippen LogP contribution in [0.2, 0.25) is 0 Å². The van der Waals surface area contributed by atoms with E-state index in [4.69, 9.17) is 5.10 Å². The summed E-state index contributed by atoms with van der Waals surface area (Å²) in [5.41, 5.74) is 3.30. The van der Waals surface area contributed by atoms with Crippen molar-refractivity contribution in [2.24, 2.45) is 11.8 Å². The lowest BCUT2D eigenvalue weighted by Crippen LogP contribution is -2.37. The van der Waals surface area contributed by atoms with E-state index in [-0.39, 0.29) is 5.91 Å². The third-order valence-corrected chi connectivity index (χ3v) is 5.87. The highest BCUT2D eigenvalue weighted by Gasteiger charge is 2.32. The minimum atomic E-state index is 0.166. The van der Waals surface area contributed by atoms with Gasteiger partial charge >= 0.3 is 0 Å². The van der Waals surface area contributed by atoms with E-state index in [0.717, 1.165) is 63.5 Å². The highest BCUT2D eigenvalue weighted by atomic mass is 16.2. The molecule has 1 amide bonds. The average Bonchev–Trinajstić information content (AvgIpc) is 3.13. The molecule has 0 radical (unpaired) electrons. The monoisotopic (exact) mass is 344 g/mol. The molecule has 4 rings (SSSR count). The summed E-state index contributed by atoms with van der Waals surface area (Å²) in [7, 11) is 0. The van der Waals surface area contributed by atoms with Gasteiger partial charge in [-0.1, -0.05) is 13.8 Å². The van der Waals surface area contributed by atoms with Gasteiger partial charge in [0.25, 0.3) is 5.91 Å². The van der Waals surface area contributed by atoms with Crippen molar-refractivity contribution in [3.05, 3.63) is 17.0 Å². The molecule has 1 aliphatic heterocycles. The van der Waals surface area contributed by atoms with Gasteiger partial charge in [-0.3, -0.25) is 9.48 Å². The Morgan fingerprint density at radius 1 is 1.24 bits per heavy atom. The van der Waals surface area contributed by atoms with Crippen LogP contribution in [0.5, 0.6) is 0 Å². The van der Waals surface area contributed by atoms with Crippen LogP contribution in [0.25, 0.3) is 0 Å². The van der Waals surface area contributed by atoms with Crippen LogP contribution in [0.4, 0.5) is 0 Å². The standard InChI is InChI=1S/C20H32N4O/c1-14(2)13-24-18-8-7-16(21-12-15-5-6-15)11-17(18)19(22-24)20(25)23-9-3-4-10-23/h14-16,21H,3-13H2,1-2H3. The van der Waals surface area contributed by atoms with Crippen molar-refractivity contribution in [3.8, 4) is 0 Å². The third kappa shape index (κ3) is 3.76. The van der Waals surface area contributed by atoms with Crippen LogP contribution in [-0.2, 0) is 19.4 Å². The van der Waals surface area contributed by atoms with Crippen molar-refractivity contribution in [1.29, 1.82) is 0 Å². The SMILES string of the molecule is CC(C)Cn1nc(C(=O)N2CCCC2)c2c1CCC(NCC1CC1)C2. The minimum Gasteiger partial charge on any atom is -0.337 e. The first kappa shape index (κ1) is 17.1. The van der Waals surface area contributed by atoms with Crippen LogP contribution in [0.1, 0.15) is 67.7 Å². The maximum atomic E-state index is 13.0. The van der Waals surface area contributed by atoms with E-state index in [1.807, 2.05) is 4.90 Å². The fourth-order valence-electron chi connectivity index (χ4n) is 4.26. The number of nitrogens with zero attached hydrogens (tertiary/aromatic N) is 3. The van der Waals surface area contributed by atoms with Crippen LogP contribution in [0, 0.1) is 11.8 Å². The number of rotatable bonds is 6. The topological polar surface area (TPSA) is 50.2 Å². The third-order valence-electron chi connectivity index (χ3n) is 5.87. The Kier molecular flexibility index (Phi) is 4.85. The summed E-state index contributed by atoms with van der Waals surface area (Å²) in [6.45, 7) is 8.30. The molecular weight excluding hydrogens is 312 g/mol. The quantitative estimate of drug-likeness (QED) is 0.863. The number of hydrogen-bond acceptors (Lipinski definition) is 3. The molecule has 1 unspecified atom stereocenters. The first-order valence-corrected chi connectivity index (χ1v) is 10.2. The second kappa shape index (κ2) is 7.10. The van der Waals surface area contributed by atoms with Crippen LogP contribution >= 0.6 is 0 Å². The smallest absolute Gasteiger partial charge is 0.274 e. The highest BCUT2D eigenvalue weighted by molar-refractivity contribution is 5.94. The van der Waals surface area contributed by atoms with Crippen LogP contribution in [-0.4, -0.2) is 46.3 Å². The van der Waals surface area contributed by atoms with Gasteiger partial charge in [0.15, 0.2) is 5.69 Å². The zero-order chi connectivity index (χ0) is 17.4. The van der Waals surface area contributed by atoms with Crippen molar-refractivity contribution in [3.63, 3.8) is 0 Å². The second-order valence-corrected chi connectivity index (χ2v) is 8.64. The van der Waals surface area contributed by atoms with Gasteiger partial charge in [-0.25, -0.2) is 0 Å². The lowest BCUT2D eigenvalue weighted by atomic mass is 9.91. The van der Waals surface area contributed by atoms with Crippen molar-refractivity contribution < 1.29 is 4.79 Å².